The van der Waals surface area contributed by atoms with Gasteiger partial charge in [0.25, 0.3) is 0 Å². The average Bonchev–Trinajstić information content (AvgIpc) is 2.55. The number of nitrogens with two attached hydrogens (primary N) is 1. The largest absolute Gasteiger partial charge is 0.338 e. The Kier molecular flexibility index (Phi) is 3.72. The molecule has 2 fully saturated rings. The lowest BCUT2D eigenvalue weighted by molar-refractivity contribution is -0.134. The first-order chi connectivity index (χ1) is 8.67. The summed E-state index contributed by atoms with van der Waals surface area (Å²) < 4.78 is 0. The lowest BCUT2D eigenvalue weighted by Gasteiger charge is -2.39. The van der Waals surface area contributed by atoms with E-state index in [1.165, 1.54) is 6.42 Å². The zero-order valence-corrected chi connectivity index (χ0v) is 13.2. The van der Waals surface area contributed by atoms with Crippen LogP contribution in [0.25, 0.3) is 0 Å². The van der Waals surface area contributed by atoms with Crippen LogP contribution in [0, 0.1) is 16.7 Å². The third-order valence-electron chi connectivity index (χ3n) is 5.24. The van der Waals surface area contributed by atoms with Crippen LogP contribution in [0.15, 0.2) is 0 Å². The summed E-state index contributed by atoms with van der Waals surface area (Å²) in [6.45, 7) is 12.1. The van der Waals surface area contributed by atoms with Gasteiger partial charge in [-0.3, -0.25) is 4.79 Å². The van der Waals surface area contributed by atoms with Gasteiger partial charge in [-0.25, -0.2) is 0 Å². The summed E-state index contributed by atoms with van der Waals surface area (Å²) in [5.41, 5.74) is 6.81. The van der Waals surface area contributed by atoms with Gasteiger partial charge in [-0.2, -0.15) is 0 Å². The number of likely N-dealkylation sites (tertiary alicyclic amines) is 1. The van der Waals surface area contributed by atoms with Crippen LogP contribution in [0.5, 0.6) is 0 Å². The molecule has 0 aromatic rings. The second-order valence-electron chi connectivity index (χ2n) is 8.09. The SMILES string of the molecule is CCC(C)C(N)C(=O)N1CC2(C)CC1CC(C)(C)C2. The summed E-state index contributed by atoms with van der Waals surface area (Å²) >= 11 is 0. The fraction of sp³-hybridized carbons (Fsp3) is 0.938. The maximum Gasteiger partial charge on any atom is 0.240 e. The van der Waals surface area contributed by atoms with Gasteiger partial charge in [0.05, 0.1) is 6.04 Å². The lowest BCUT2D eigenvalue weighted by Crippen LogP contribution is -2.49. The van der Waals surface area contributed by atoms with Crippen molar-refractivity contribution >= 4 is 5.91 Å². The van der Waals surface area contributed by atoms with Crippen LogP contribution in [0.1, 0.15) is 60.3 Å². The molecule has 0 aromatic carbocycles. The van der Waals surface area contributed by atoms with Crippen molar-refractivity contribution in [3.8, 4) is 0 Å². The molecule has 1 aliphatic carbocycles. The molecule has 2 bridgehead atoms. The Balaban J connectivity index is 2.13. The van der Waals surface area contributed by atoms with Crippen molar-refractivity contribution in [1.29, 1.82) is 0 Å². The highest BCUT2D eigenvalue weighted by atomic mass is 16.2. The third-order valence-corrected chi connectivity index (χ3v) is 5.24. The molecule has 4 unspecified atom stereocenters. The van der Waals surface area contributed by atoms with Gasteiger partial charge in [0.15, 0.2) is 0 Å². The maximum atomic E-state index is 12.6. The Hall–Kier alpha value is -0.570. The van der Waals surface area contributed by atoms with Crippen molar-refractivity contribution in [1.82, 2.24) is 4.90 Å². The Morgan fingerprint density at radius 2 is 2.00 bits per heavy atom. The minimum absolute atomic E-state index is 0.181. The van der Waals surface area contributed by atoms with Crippen LogP contribution in [0.4, 0.5) is 0 Å². The van der Waals surface area contributed by atoms with E-state index in [0.717, 1.165) is 25.8 Å². The monoisotopic (exact) mass is 266 g/mol. The average molecular weight is 266 g/mol. The van der Waals surface area contributed by atoms with Crippen LogP contribution < -0.4 is 5.73 Å². The molecule has 1 heterocycles. The highest BCUT2D eigenvalue weighted by Crippen LogP contribution is 2.52. The van der Waals surface area contributed by atoms with Crippen LogP contribution in [-0.2, 0) is 4.79 Å². The summed E-state index contributed by atoms with van der Waals surface area (Å²) in [5, 5.41) is 0. The van der Waals surface area contributed by atoms with E-state index < -0.39 is 0 Å². The van der Waals surface area contributed by atoms with Crippen LogP contribution in [0.2, 0.25) is 0 Å². The Bertz CT molecular complexity index is 366. The number of carbonyl (C=O) groups is 1. The van der Waals surface area contributed by atoms with Crippen molar-refractivity contribution in [2.24, 2.45) is 22.5 Å². The van der Waals surface area contributed by atoms with Gasteiger partial charge in [-0.15, -0.1) is 0 Å². The molecule has 2 aliphatic rings. The minimum atomic E-state index is -0.323. The minimum Gasteiger partial charge on any atom is -0.338 e. The van der Waals surface area contributed by atoms with Gasteiger partial charge >= 0.3 is 0 Å². The third kappa shape index (κ3) is 2.81. The quantitative estimate of drug-likeness (QED) is 0.854. The van der Waals surface area contributed by atoms with Crippen LogP contribution in [0.3, 0.4) is 0 Å². The lowest BCUT2D eigenvalue weighted by atomic mass is 9.65. The second kappa shape index (κ2) is 4.76. The smallest absolute Gasteiger partial charge is 0.240 e. The first kappa shape index (κ1) is 14.8. The topological polar surface area (TPSA) is 46.3 Å². The van der Waals surface area contributed by atoms with E-state index in [1.54, 1.807) is 0 Å². The molecule has 2 rings (SSSR count). The van der Waals surface area contributed by atoms with Gasteiger partial charge in [0, 0.05) is 12.6 Å². The number of carbonyl (C=O) groups excluding carboxylic acids is 1. The Morgan fingerprint density at radius 3 is 2.58 bits per heavy atom. The highest BCUT2D eigenvalue weighted by Gasteiger charge is 2.51. The zero-order chi connectivity index (χ0) is 14.4. The number of hydrogen-bond donors (Lipinski definition) is 1. The van der Waals surface area contributed by atoms with E-state index in [4.69, 9.17) is 5.73 Å². The van der Waals surface area contributed by atoms with E-state index >= 15 is 0 Å². The summed E-state index contributed by atoms with van der Waals surface area (Å²) in [6.07, 6.45) is 4.48. The summed E-state index contributed by atoms with van der Waals surface area (Å²) in [6, 6.07) is 0.0902. The van der Waals surface area contributed by atoms with E-state index in [9.17, 15) is 4.79 Å². The standard InChI is InChI=1S/C16H30N2O/c1-6-11(2)13(17)14(19)18-10-16(5)8-12(18)7-15(3,4)9-16/h11-13H,6-10,17H2,1-5H3. The molecule has 0 spiro atoms. The Labute approximate surface area is 117 Å². The molecule has 2 N–H and O–H groups in total. The van der Waals surface area contributed by atoms with E-state index in [-0.39, 0.29) is 17.9 Å². The first-order valence-corrected chi connectivity index (χ1v) is 7.73. The molecule has 0 aromatic heterocycles. The fourth-order valence-electron chi connectivity index (χ4n) is 4.41. The normalized spacial score (nSPS) is 36.1. The van der Waals surface area contributed by atoms with Gasteiger partial charge < -0.3 is 10.6 Å². The fourth-order valence-corrected chi connectivity index (χ4v) is 4.41. The molecule has 1 saturated carbocycles. The Morgan fingerprint density at radius 1 is 1.37 bits per heavy atom. The summed E-state index contributed by atoms with van der Waals surface area (Å²) in [7, 11) is 0. The maximum absolute atomic E-state index is 12.6. The number of nitrogens with zero attached hydrogens (tertiary/aromatic N) is 1. The van der Waals surface area contributed by atoms with Crippen LogP contribution >= 0.6 is 0 Å². The molecule has 3 heteroatoms. The van der Waals surface area contributed by atoms with Gasteiger partial charge in [0.2, 0.25) is 5.91 Å². The van der Waals surface area contributed by atoms with Gasteiger partial charge in [-0.1, -0.05) is 41.0 Å². The molecule has 1 aliphatic heterocycles. The molecular formula is C16H30N2O. The molecule has 1 amide bonds. The predicted molar refractivity (Wildman–Crippen MR) is 78.7 cm³/mol. The molecule has 19 heavy (non-hydrogen) atoms. The molecule has 1 saturated heterocycles. The first-order valence-electron chi connectivity index (χ1n) is 7.73. The molecule has 4 atom stereocenters. The van der Waals surface area contributed by atoms with Crippen LogP contribution in [-0.4, -0.2) is 29.4 Å². The van der Waals surface area contributed by atoms with Crippen molar-refractivity contribution in [3.05, 3.63) is 0 Å². The molecule has 110 valence electrons. The van der Waals surface area contributed by atoms with Gasteiger partial charge in [0.1, 0.15) is 0 Å². The molecule has 0 radical (unpaired) electrons. The zero-order valence-electron chi connectivity index (χ0n) is 13.2. The number of rotatable bonds is 3. The van der Waals surface area contributed by atoms with Crippen molar-refractivity contribution in [3.63, 3.8) is 0 Å². The number of fused-ring (bicyclic) bond motifs is 2. The molecular weight excluding hydrogens is 236 g/mol. The molecule has 3 nitrogen and oxygen atoms in total. The van der Waals surface area contributed by atoms with E-state index in [1.807, 2.05) is 0 Å². The summed E-state index contributed by atoms with van der Waals surface area (Å²) in [5.74, 6) is 0.453. The van der Waals surface area contributed by atoms with Crippen molar-refractivity contribution in [2.75, 3.05) is 6.54 Å². The number of hydrogen-bond acceptors (Lipinski definition) is 2. The summed E-state index contributed by atoms with van der Waals surface area (Å²) in [4.78, 5) is 14.7. The van der Waals surface area contributed by atoms with Crippen molar-refractivity contribution < 1.29 is 4.79 Å². The van der Waals surface area contributed by atoms with E-state index in [0.29, 0.717) is 16.9 Å². The predicted octanol–water partition coefficient (Wildman–Crippen LogP) is 2.79. The highest BCUT2D eigenvalue weighted by molar-refractivity contribution is 5.82. The number of amides is 1. The van der Waals surface area contributed by atoms with Crippen molar-refractivity contribution in [2.45, 2.75) is 72.4 Å². The van der Waals surface area contributed by atoms with E-state index in [2.05, 4.69) is 39.5 Å². The van der Waals surface area contributed by atoms with Gasteiger partial charge in [-0.05, 0) is 36.0 Å². The second-order valence-corrected chi connectivity index (χ2v) is 8.09.